The van der Waals surface area contributed by atoms with E-state index >= 15 is 0 Å². The Labute approximate surface area is 57.4 Å². The van der Waals surface area contributed by atoms with Crippen molar-refractivity contribution < 1.29 is 0 Å². The second kappa shape index (κ2) is 3.10. The topological polar surface area (TPSA) is 24.1 Å². The van der Waals surface area contributed by atoms with Gasteiger partial charge in [0.15, 0.2) is 0 Å². The first-order chi connectivity index (χ1) is 3.89. The fourth-order valence-corrected chi connectivity index (χ4v) is 1.14. The molecule has 0 bridgehead atoms. The summed E-state index contributed by atoms with van der Waals surface area (Å²) in [6, 6.07) is 0. The predicted molar refractivity (Wildman–Crippen MR) is 36.0 cm³/mol. The Morgan fingerprint density at radius 1 is 1.12 bits per heavy atom. The van der Waals surface area contributed by atoms with Gasteiger partial charge in [-0.2, -0.15) is 0 Å². The molecule has 0 saturated carbocycles. The number of rotatable bonds is 0. The average Bonchev–Trinajstić information content (AvgIpc) is 1.94. The molecule has 1 aliphatic heterocycles. The number of hydrogen-bond donors (Lipinski definition) is 2. The molecule has 0 unspecified atom stereocenters. The second-order valence-electron chi connectivity index (χ2n) is 1.89. The molecule has 0 aromatic heterocycles. The van der Waals surface area contributed by atoms with Crippen LogP contribution in [0.25, 0.3) is 0 Å². The SMILES string of the molecule is [Se]=C1NCCCCN1. The standard InChI is InChI=1S/C5H10N2Se/c8-5-6-3-1-2-4-7-5/h1-4H2,(H2,6,7,8). The van der Waals surface area contributed by atoms with Crippen molar-refractivity contribution in [1.29, 1.82) is 0 Å². The molecular formula is C5H10N2Se. The van der Waals surface area contributed by atoms with Gasteiger partial charge in [-0.15, -0.1) is 0 Å². The van der Waals surface area contributed by atoms with Crippen molar-refractivity contribution in [3.8, 4) is 0 Å². The molecule has 2 N–H and O–H groups in total. The maximum absolute atomic E-state index is 3.19. The van der Waals surface area contributed by atoms with E-state index in [1.54, 1.807) is 0 Å². The van der Waals surface area contributed by atoms with Crippen LogP contribution in [0.4, 0.5) is 0 Å². The molecule has 46 valence electrons. The molecule has 1 fully saturated rings. The van der Waals surface area contributed by atoms with Crippen molar-refractivity contribution in [1.82, 2.24) is 10.6 Å². The molecule has 2 nitrogen and oxygen atoms in total. The molecule has 8 heavy (non-hydrogen) atoms. The first kappa shape index (κ1) is 6.11. The summed E-state index contributed by atoms with van der Waals surface area (Å²) >= 11 is 2.91. The number of nitrogens with one attached hydrogen (secondary N) is 2. The van der Waals surface area contributed by atoms with Crippen molar-refractivity contribution in [2.75, 3.05) is 13.1 Å². The van der Waals surface area contributed by atoms with Crippen LogP contribution in [0.3, 0.4) is 0 Å². The van der Waals surface area contributed by atoms with Gasteiger partial charge in [0.05, 0.1) is 0 Å². The summed E-state index contributed by atoms with van der Waals surface area (Å²) in [6.45, 7) is 2.21. The molecule has 1 saturated heterocycles. The predicted octanol–water partition coefficient (Wildman–Crippen LogP) is -0.785. The molecule has 0 aromatic carbocycles. The van der Waals surface area contributed by atoms with Gasteiger partial charge in [0.1, 0.15) is 0 Å². The van der Waals surface area contributed by atoms with Gasteiger partial charge < -0.3 is 0 Å². The summed E-state index contributed by atoms with van der Waals surface area (Å²) in [5.74, 6) is 0. The number of hydrogen-bond acceptors (Lipinski definition) is 2. The van der Waals surface area contributed by atoms with Crippen LogP contribution in [0.5, 0.6) is 0 Å². The van der Waals surface area contributed by atoms with Gasteiger partial charge in [-0.3, -0.25) is 0 Å². The van der Waals surface area contributed by atoms with E-state index in [0.717, 1.165) is 17.8 Å². The van der Waals surface area contributed by atoms with Gasteiger partial charge in [-0.05, 0) is 0 Å². The molecule has 3 heteroatoms. The Bertz CT molecular complexity index is 82.4. The van der Waals surface area contributed by atoms with Crippen molar-refractivity contribution in [2.45, 2.75) is 12.8 Å². The third kappa shape index (κ3) is 1.85. The van der Waals surface area contributed by atoms with E-state index in [4.69, 9.17) is 0 Å². The van der Waals surface area contributed by atoms with Crippen molar-refractivity contribution >= 4 is 20.2 Å². The van der Waals surface area contributed by atoms with Crippen LogP contribution >= 0.6 is 0 Å². The van der Waals surface area contributed by atoms with Gasteiger partial charge in [-0.25, -0.2) is 0 Å². The summed E-state index contributed by atoms with van der Waals surface area (Å²) in [4.78, 5) is 0. The van der Waals surface area contributed by atoms with Crippen molar-refractivity contribution in [3.63, 3.8) is 0 Å². The van der Waals surface area contributed by atoms with E-state index in [1.165, 1.54) is 12.8 Å². The Balaban J connectivity index is 2.27. The molecule has 1 heterocycles. The summed E-state index contributed by atoms with van der Waals surface area (Å²) in [5.41, 5.74) is 0. The Kier molecular flexibility index (Phi) is 2.37. The van der Waals surface area contributed by atoms with E-state index in [-0.39, 0.29) is 0 Å². The van der Waals surface area contributed by atoms with Crippen LogP contribution in [0, 0.1) is 0 Å². The van der Waals surface area contributed by atoms with Gasteiger partial charge in [-0.1, -0.05) is 0 Å². The Morgan fingerprint density at radius 2 is 1.62 bits per heavy atom. The minimum absolute atomic E-state index is 1.10. The zero-order valence-electron chi connectivity index (χ0n) is 4.74. The van der Waals surface area contributed by atoms with Crippen molar-refractivity contribution in [2.24, 2.45) is 0 Å². The molecule has 1 rings (SSSR count). The summed E-state index contributed by atoms with van der Waals surface area (Å²) < 4.78 is 1.10. The summed E-state index contributed by atoms with van der Waals surface area (Å²) in [7, 11) is 0. The molecular weight excluding hydrogens is 167 g/mol. The minimum atomic E-state index is 1.10. The normalized spacial score (nSPS) is 20.8. The molecule has 0 spiro atoms. The third-order valence-corrected chi connectivity index (χ3v) is 1.78. The van der Waals surface area contributed by atoms with E-state index in [9.17, 15) is 0 Å². The molecule has 0 radical (unpaired) electrons. The fraction of sp³-hybridized carbons (Fsp3) is 0.800. The van der Waals surface area contributed by atoms with Crippen LogP contribution < -0.4 is 10.6 Å². The van der Waals surface area contributed by atoms with Gasteiger partial charge >= 0.3 is 56.8 Å². The Morgan fingerprint density at radius 3 is 2.12 bits per heavy atom. The van der Waals surface area contributed by atoms with Crippen LogP contribution in [-0.2, 0) is 0 Å². The van der Waals surface area contributed by atoms with Gasteiger partial charge in [0.2, 0.25) is 0 Å². The van der Waals surface area contributed by atoms with Gasteiger partial charge in [0, 0.05) is 0 Å². The van der Waals surface area contributed by atoms with E-state index < -0.39 is 0 Å². The third-order valence-electron chi connectivity index (χ3n) is 1.17. The van der Waals surface area contributed by atoms with Crippen molar-refractivity contribution in [3.05, 3.63) is 0 Å². The maximum atomic E-state index is 3.19. The molecule has 0 amide bonds. The zero-order chi connectivity index (χ0) is 5.82. The molecule has 1 aliphatic rings. The van der Waals surface area contributed by atoms with Crippen LogP contribution in [0.2, 0.25) is 0 Å². The second-order valence-corrected chi connectivity index (χ2v) is 2.75. The zero-order valence-corrected chi connectivity index (χ0v) is 6.45. The van der Waals surface area contributed by atoms with Gasteiger partial charge in [0.25, 0.3) is 0 Å². The van der Waals surface area contributed by atoms with Crippen LogP contribution in [0.15, 0.2) is 0 Å². The van der Waals surface area contributed by atoms with E-state index in [2.05, 4.69) is 26.2 Å². The summed E-state index contributed by atoms with van der Waals surface area (Å²) in [5, 5.41) is 6.39. The molecule has 0 aromatic rings. The fourth-order valence-electron chi connectivity index (χ4n) is 0.716. The average molecular weight is 177 g/mol. The molecule has 0 aliphatic carbocycles. The van der Waals surface area contributed by atoms with Crippen LogP contribution in [0.1, 0.15) is 12.8 Å². The molecule has 0 atom stereocenters. The van der Waals surface area contributed by atoms with E-state index in [0.29, 0.717) is 0 Å². The monoisotopic (exact) mass is 178 g/mol. The Hall–Kier alpha value is -0.0105. The quantitative estimate of drug-likeness (QED) is 0.474. The van der Waals surface area contributed by atoms with Crippen LogP contribution in [-0.4, -0.2) is 33.3 Å². The first-order valence-corrected chi connectivity index (χ1v) is 3.77. The summed E-state index contributed by atoms with van der Waals surface area (Å²) in [6.07, 6.45) is 2.55. The first-order valence-electron chi connectivity index (χ1n) is 2.91. The van der Waals surface area contributed by atoms with E-state index in [1.807, 2.05) is 0 Å².